The summed E-state index contributed by atoms with van der Waals surface area (Å²) in [5, 5.41) is 3.14. The van der Waals surface area contributed by atoms with Gasteiger partial charge in [-0.15, -0.1) is 0 Å². The number of aryl methyl sites for hydroxylation is 2. The zero-order chi connectivity index (χ0) is 14.5. The topological polar surface area (TPSA) is 12.0 Å². The van der Waals surface area contributed by atoms with Crippen molar-refractivity contribution in [1.82, 2.24) is 5.32 Å². The van der Waals surface area contributed by atoms with Crippen LogP contribution in [-0.4, -0.2) is 18.8 Å². The van der Waals surface area contributed by atoms with Crippen LogP contribution in [0.1, 0.15) is 36.5 Å². The van der Waals surface area contributed by atoms with E-state index in [0.29, 0.717) is 13.0 Å². The third kappa shape index (κ3) is 6.10. The largest absolute Gasteiger partial charge is 0.389 e. The van der Waals surface area contributed by atoms with Crippen LogP contribution in [0, 0.1) is 13.8 Å². The summed E-state index contributed by atoms with van der Waals surface area (Å²) in [6.45, 7) is 6.66. The summed E-state index contributed by atoms with van der Waals surface area (Å²) in [6.07, 6.45) is -4.03. The Labute approximate surface area is 113 Å². The monoisotopic (exact) mass is 273 g/mol. The molecule has 1 unspecified atom stereocenters. The third-order valence-corrected chi connectivity index (χ3v) is 3.32. The van der Waals surface area contributed by atoms with Crippen molar-refractivity contribution < 1.29 is 13.2 Å². The fraction of sp³-hybridized carbons (Fsp3) is 0.600. The minimum atomic E-state index is -4.07. The number of likely N-dealkylation sites (N-methyl/N-ethyl adjacent to an activating group) is 1. The molecule has 1 aromatic carbocycles. The normalized spacial score (nSPS) is 13.6. The molecule has 1 aromatic rings. The number of rotatable bonds is 6. The van der Waals surface area contributed by atoms with Crippen molar-refractivity contribution in [2.45, 2.75) is 52.3 Å². The highest BCUT2D eigenvalue weighted by Crippen LogP contribution is 2.23. The second-order valence-electron chi connectivity index (χ2n) is 5.03. The standard InChI is InChI=1S/C15H22F3N/c1-4-19-14(7-8-15(16,17)18)10-13-6-5-11(2)12(3)9-13/h5-6,9,14,19H,4,7-8,10H2,1-3H3. The van der Waals surface area contributed by atoms with Crippen molar-refractivity contribution in [3.05, 3.63) is 34.9 Å². The molecule has 0 spiro atoms. The SMILES string of the molecule is CCNC(CCC(F)(F)F)Cc1ccc(C)c(C)c1. The molecule has 0 amide bonds. The van der Waals surface area contributed by atoms with Crippen LogP contribution in [0.3, 0.4) is 0 Å². The molecule has 0 aliphatic carbocycles. The zero-order valence-electron chi connectivity index (χ0n) is 11.8. The van der Waals surface area contributed by atoms with Crippen molar-refractivity contribution in [2.24, 2.45) is 0 Å². The molecule has 1 N–H and O–H groups in total. The molecule has 0 saturated heterocycles. The molecule has 0 radical (unpaired) electrons. The van der Waals surface area contributed by atoms with E-state index >= 15 is 0 Å². The Morgan fingerprint density at radius 2 is 1.84 bits per heavy atom. The van der Waals surface area contributed by atoms with Crippen molar-refractivity contribution in [3.63, 3.8) is 0 Å². The van der Waals surface area contributed by atoms with Crippen LogP contribution < -0.4 is 5.32 Å². The highest BCUT2D eigenvalue weighted by Gasteiger charge is 2.28. The molecule has 0 aliphatic heterocycles. The fourth-order valence-electron chi connectivity index (χ4n) is 2.12. The molecule has 0 bridgehead atoms. The number of benzene rings is 1. The molecule has 0 aromatic heterocycles. The maximum Gasteiger partial charge on any atom is 0.389 e. The van der Waals surface area contributed by atoms with Gasteiger partial charge in [-0.25, -0.2) is 0 Å². The Kier molecular flexibility index (Phi) is 5.85. The van der Waals surface area contributed by atoms with Gasteiger partial charge in [0.2, 0.25) is 0 Å². The smallest absolute Gasteiger partial charge is 0.314 e. The molecule has 19 heavy (non-hydrogen) atoms. The van der Waals surface area contributed by atoms with E-state index in [2.05, 4.69) is 11.4 Å². The summed E-state index contributed by atoms with van der Waals surface area (Å²) < 4.78 is 36.9. The first-order chi connectivity index (χ1) is 8.81. The summed E-state index contributed by atoms with van der Waals surface area (Å²) in [4.78, 5) is 0. The molecule has 0 heterocycles. The zero-order valence-corrected chi connectivity index (χ0v) is 11.8. The van der Waals surface area contributed by atoms with E-state index in [0.717, 1.165) is 5.56 Å². The van der Waals surface area contributed by atoms with Crippen LogP contribution in [0.5, 0.6) is 0 Å². The van der Waals surface area contributed by atoms with Gasteiger partial charge in [0.25, 0.3) is 0 Å². The van der Waals surface area contributed by atoms with E-state index in [9.17, 15) is 13.2 Å². The van der Waals surface area contributed by atoms with Gasteiger partial charge in [0.05, 0.1) is 0 Å². The Morgan fingerprint density at radius 1 is 1.16 bits per heavy atom. The van der Waals surface area contributed by atoms with Crippen molar-refractivity contribution in [3.8, 4) is 0 Å². The molecule has 108 valence electrons. The average Bonchev–Trinajstić information content (AvgIpc) is 2.30. The summed E-state index contributed by atoms with van der Waals surface area (Å²) >= 11 is 0. The molecular formula is C15H22F3N. The molecule has 1 atom stereocenters. The van der Waals surface area contributed by atoms with Crippen molar-refractivity contribution >= 4 is 0 Å². The number of hydrogen-bond donors (Lipinski definition) is 1. The van der Waals surface area contributed by atoms with Crippen LogP contribution in [0.4, 0.5) is 13.2 Å². The lowest BCUT2D eigenvalue weighted by Crippen LogP contribution is -2.32. The van der Waals surface area contributed by atoms with Gasteiger partial charge in [-0.3, -0.25) is 0 Å². The van der Waals surface area contributed by atoms with Crippen LogP contribution in [0.15, 0.2) is 18.2 Å². The second kappa shape index (κ2) is 6.94. The van der Waals surface area contributed by atoms with E-state index in [-0.39, 0.29) is 12.5 Å². The lowest BCUT2D eigenvalue weighted by Gasteiger charge is -2.19. The maximum absolute atomic E-state index is 12.3. The van der Waals surface area contributed by atoms with E-state index in [1.165, 1.54) is 11.1 Å². The summed E-state index contributed by atoms with van der Waals surface area (Å²) in [6, 6.07) is 5.97. The van der Waals surface area contributed by atoms with Gasteiger partial charge in [0, 0.05) is 12.5 Å². The van der Waals surface area contributed by atoms with E-state index < -0.39 is 12.6 Å². The highest BCUT2D eigenvalue weighted by atomic mass is 19.4. The predicted octanol–water partition coefficient (Wildman–Crippen LogP) is 4.17. The molecule has 0 saturated carbocycles. The minimum Gasteiger partial charge on any atom is -0.314 e. The van der Waals surface area contributed by atoms with Gasteiger partial charge in [0.15, 0.2) is 0 Å². The first kappa shape index (κ1) is 16.0. The Bertz CT molecular complexity index is 399. The van der Waals surface area contributed by atoms with E-state index in [1.807, 2.05) is 32.9 Å². The summed E-state index contributed by atoms with van der Waals surface area (Å²) in [7, 11) is 0. The first-order valence-corrected chi connectivity index (χ1v) is 6.68. The fourth-order valence-corrected chi connectivity index (χ4v) is 2.12. The third-order valence-electron chi connectivity index (χ3n) is 3.32. The van der Waals surface area contributed by atoms with Gasteiger partial charge < -0.3 is 5.32 Å². The lowest BCUT2D eigenvalue weighted by atomic mass is 9.98. The summed E-state index contributed by atoms with van der Waals surface area (Å²) in [5.74, 6) is 0. The Morgan fingerprint density at radius 3 is 2.37 bits per heavy atom. The quantitative estimate of drug-likeness (QED) is 0.820. The highest BCUT2D eigenvalue weighted by molar-refractivity contribution is 5.30. The molecule has 4 heteroatoms. The molecule has 0 fully saturated rings. The van der Waals surface area contributed by atoms with Crippen LogP contribution in [-0.2, 0) is 6.42 Å². The van der Waals surface area contributed by atoms with Crippen LogP contribution in [0.25, 0.3) is 0 Å². The summed E-state index contributed by atoms with van der Waals surface area (Å²) in [5.41, 5.74) is 3.49. The van der Waals surface area contributed by atoms with Crippen molar-refractivity contribution in [2.75, 3.05) is 6.54 Å². The molecule has 0 aliphatic rings. The molecule has 1 rings (SSSR count). The number of halogens is 3. The second-order valence-corrected chi connectivity index (χ2v) is 5.03. The molecule has 1 nitrogen and oxygen atoms in total. The number of alkyl halides is 3. The van der Waals surface area contributed by atoms with Gasteiger partial charge in [0.1, 0.15) is 0 Å². The Hall–Kier alpha value is -1.03. The minimum absolute atomic E-state index is 0.117. The van der Waals surface area contributed by atoms with E-state index in [4.69, 9.17) is 0 Å². The van der Waals surface area contributed by atoms with Gasteiger partial charge in [-0.2, -0.15) is 13.2 Å². The van der Waals surface area contributed by atoms with Crippen LogP contribution in [0.2, 0.25) is 0 Å². The average molecular weight is 273 g/mol. The van der Waals surface area contributed by atoms with Crippen molar-refractivity contribution in [1.29, 1.82) is 0 Å². The van der Waals surface area contributed by atoms with Gasteiger partial charge in [-0.05, 0) is 49.9 Å². The van der Waals surface area contributed by atoms with Gasteiger partial charge >= 0.3 is 6.18 Å². The maximum atomic E-state index is 12.3. The van der Waals surface area contributed by atoms with Gasteiger partial charge in [-0.1, -0.05) is 25.1 Å². The predicted molar refractivity (Wildman–Crippen MR) is 72.4 cm³/mol. The van der Waals surface area contributed by atoms with E-state index in [1.54, 1.807) is 0 Å². The lowest BCUT2D eigenvalue weighted by molar-refractivity contribution is -0.136. The number of nitrogens with one attached hydrogen (secondary N) is 1. The van der Waals surface area contributed by atoms with Crippen LogP contribution >= 0.6 is 0 Å². The first-order valence-electron chi connectivity index (χ1n) is 6.68. The Balaban J connectivity index is 2.64. The number of hydrogen-bond acceptors (Lipinski definition) is 1. The molecular weight excluding hydrogens is 251 g/mol.